The molecule has 0 atom stereocenters. The Hall–Kier alpha value is -3.43. The number of nitrogen functional groups attached to an aromatic ring is 1. The molecule has 0 fully saturated rings. The Kier molecular flexibility index (Phi) is 4.38. The van der Waals surface area contributed by atoms with E-state index in [1.165, 1.54) is 26.6 Å². The average molecular weight is 394 g/mol. The number of hydrogen-bond acceptors (Lipinski definition) is 2. The fourth-order valence-electron chi connectivity index (χ4n) is 3.95. The molecule has 0 aliphatic rings. The molecule has 5 rings (SSSR count). The van der Waals surface area contributed by atoms with Crippen molar-refractivity contribution in [2.24, 2.45) is 0 Å². The summed E-state index contributed by atoms with van der Waals surface area (Å²) in [7, 11) is 0. The van der Waals surface area contributed by atoms with Gasteiger partial charge >= 0.3 is 0 Å². The van der Waals surface area contributed by atoms with Crippen molar-refractivity contribution in [3.8, 4) is 11.1 Å². The molecular weight excluding hydrogens is 372 g/mol. The lowest BCUT2D eigenvalue weighted by atomic mass is 10.0. The number of anilines is 1. The molecule has 1 aromatic heterocycles. The van der Waals surface area contributed by atoms with E-state index in [-0.39, 0.29) is 0 Å². The van der Waals surface area contributed by atoms with E-state index in [9.17, 15) is 0 Å². The molecule has 1 heterocycles. The summed E-state index contributed by atoms with van der Waals surface area (Å²) in [4.78, 5) is 0. The number of rotatable bonds is 4. The van der Waals surface area contributed by atoms with Crippen molar-refractivity contribution >= 4 is 44.1 Å². The molecule has 29 heavy (non-hydrogen) atoms. The Morgan fingerprint density at radius 2 is 1.59 bits per heavy atom. The molecule has 2 N–H and O–H groups in total. The van der Waals surface area contributed by atoms with E-state index in [1.54, 1.807) is 11.3 Å². The molecule has 0 unspecified atom stereocenters. The Labute approximate surface area is 174 Å². The monoisotopic (exact) mass is 393 g/mol. The lowest BCUT2D eigenvalue weighted by Crippen LogP contribution is -2.36. The summed E-state index contributed by atoms with van der Waals surface area (Å²) in [5.74, 6) is 0. The van der Waals surface area contributed by atoms with E-state index < -0.39 is 0 Å². The van der Waals surface area contributed by atoms with Crippen molar-refractivity contribution in [3.05, 3.63) is 102 Å². The molecule has 0 aliphatic carbocycles. The van der Waals surface area contributed by atoms with E-state index in [1.807, 2.05) is 24.3 Å². The highest BCUT2D eigenvalue weighted by Crippen LogP contribution is 2.34. The van der Waals surface area contributed by atoms with Crippen LogP contribution < -0.4 is 10.3 Å². The predicted octanol–water partition coefficient (Wildman–Crippen LogP) is 6.28. The summed E-state index contributed by atoms with van der Waals surface area (Å²) >= 11 is 1.77. The Morgan fingerprint density at radius 1 is 0.828 bits per heavy atom. The second-order valence-electron chi connectivity index (χ2n) is 7.15. The molecule has 0 saturated heterocycles. The van der Waals surface area contributed by atoms with E-state index in [0.29, 0.717) is 0 Å². The summed E-state index contributed by atoms with van der Waals surface area (Å²) in [5, 5.41) is 3.67. The first-order chi connectivity index (χ1) is 14.2. The quantitative estimate of drug-likeness (QED) is 0.282. The van der Waals surface area contributed by atoms with Crippen LogP contribution in [0.2, 0.25) is 0 Å². The van der Waals surface area contributed by atoms with Gasteiger partial charge in [-0.15, -0.1) is 0 Å². The third-order valence-electron chi connectivity index (χ3n) is 5.33. The molecule has 0 saturated carbocycles. The number of nitrogens with two attached hydrogens (primary N) is 1. The minimum atomic E-state index is 0.788. The van der Waals surface area contributed by atoms with Crippen molar-refractivity contribution in [1.29, 1.82) is 0 Å². The summed E-state index contributed by atoms with van der Waals surface area (Å²) in [6.07, 6.45) is 1.95. The van der Waals surface area contributed by atoms with Crippen LogP contribution in [0.3, 0.4) is 0 Å². The van der Waals surface area contributed by atoms with E-state index in [2.05, 4.69) is 77.9 Å². The van der Waals surface area contributed by atoms with Gasteiger partial charge in [-0.3, -0.25) is 0 Å². The van der Waals surface area contributed by atoms with E-state index in [0.717, 1.165) is 28.4 Å². The number of para-hydroxylation sites is 2. The number of nitrogens with zero attached hydrogens (tertiary/aromatic N) is 1. The molecule has 4 aromatic carbocycles. The molecule has 0 amide bonds. The van der Waals surface area contributed by atoms with Gasteiger partial charge in [-0.1, -0.05) is 78.6 Å². The summed E-state index contributed by atoms with van der Waals surface area (Å²) < 4.78 is 3.60. The van der Waals surface area contributed by atoms with E-state index >= 15 is 0 Å². The first-order valence-corrected chi connectivity index (χ1v) is 10.5. The number of fused-ring (bicyclic) bond motifs is 2. The summed E-state index contributed by atoms with van der Waals surface area (Å²) in [5.41, 5.74) is 11.8. The van der Waals surface area contributed by atoms with Crippen LogP contribution in [0.25, 0.3) is 38.2 Å². The van der Waals surface area contributed by atoms with Gasteiger partial charge in [0.15, 0.2) is 6.54 Å². The second kappa shape index (κ2) is 7.19. The summed E-state index contributed by atoms with van der Waals surface area (Å²) in [6, 6.07) is 29.7. The lowest BCUT2D eigenvalue weighted by molar-refractivity contribution is -0.659. The SMILES string of the molecule is C=Cc1sc2cccc(-c3ccccc3N)c2[n+]1Cc1ccc2ccccc2c1. The number of thiazole rings is 1. The minimum absolute atomic E-state index is 0.788. The van der Waals surface area contributed by atoms with Crippen molar-refractivity contribution < 1.29 is 4.57 Å². The van der Waals surface area contributed by atoms with Gasteiger partial charge in [-0.2, -0.15) is 4.57 Å². The number of hydrogen-bond donors (Lipinski definition) is 1. The molecule has 0 bridgehead atoms. The molecule has 3 heteroatoms. The molecule has 0 spiro atoms. The molecule has 140 valence electrons. The number of aromatic nitrogens is 1. The first-order valence-electron chi connectivity index (χ1n) is 9.65. The largest absolute Gasteiger partial charge is 0.398 e. The second-order valence-corrected chi connectivity index (χ2v) is 8.21. The molecule has 0 aliphatic heterocycles. The Bertz CT molecular complexity index is 1360. The zero-order valence-electron chi connectivity index (χ0n) is 16.0. The maximum Gasteiger partial charge on any atom is 0.262 e. The number of benzene rings is 4. The highest BCUT2D eigenvalue weighted by atomic mass is 32.1. The normalized spacial score (nSPS) is 11.2. The van der Waals surface area contributed by atoms with Crippen molar-refractivity contribution in [2.45, 2.75) is 6.54 Å². The molecular formula is C26H21N2S+. The fourth-order valence-corrected chi connectivity index (χ4v) is 4.99. The highest BCUT2D eigenvalue weighted by molar-refractivity contribution is 7.18. The first kappa shape index (κ1) is 17.7. The van der Waals surface area contributed by atoms with Crippen LogP contribution in [0.4, 0.5) is 5.69 Å². The topological polar surface area (TPSA) is 29.9 Å². The Balaban J connectivity index is 1.71. The van der Waals surface area contributed by atoms with E-state index in [4.69, 9.17) is 5.73 Å². The predicted molar refractivity (Wildman–Crippen MR) is 125 cm³/mol. The van der Waals surface area contributed by atoms with Gasteiger partial charge in [-0.25, -0.2) is 0 Å². The van der Waals surface area contributed by atoms with Gasteiger partial charge in [0.1, 0.15) is 4.70 Å². The van der Waals surface area contributed by atoms with Crippen LogP contribution in [0.1, 0.15) is 10.6 Å². The van der Waals surface area contributed by atoms with Gasteiger partial charge < -0.3 is 5.73 Å². The smallest absolute Gasteiger partial charge is 0.262 e. The average Bonchev–Trinajstić information content (AvgIpc) is 3.12. The van der Waals surface area contributed by atoms with Gasteiger partial charge in [-0.05, 0) is 35.0 Å². The van der Waals surface area contributed by atoms with Crippen LogP contribution in [0, 0.1) is 0 Å². The maximum absolute atomic E-state index is 6.32. The fraction of sp³-hybridized carbons (Fsp3) is 0.0385. The lowest BCUT2D eigenvalue weighted by Gasteiger charge is -2.07. The van der Waals surface area contributed by atoms with Crippen LogP contribution in [-0.4, -0.2) is 0 Å². The standard InChI is InChI=1S/C26H21N2S/c1-2-25-28(17-18-14-15-19-8-3-4-9-20(19)16-18)26-22(11-7-13-24(26)29-25)21-10-5-6-12-23(21)27/h2-16H,1,17,27H2/q+1. The Morgan fingerprint density at radius 3 is 2.41 bits per heavy atom. The van der Waals surface area contributed by atoms with Crippen molar-refractivity contribution in [2.75, 3.05) is 5.73 Å². The van der Waals surface area contributed by atoms with Crippen LogP contribution in [0.5, 0.6) is 0 Å². The third-order valence-corrected chi connectivity index (χ3v) is 6.48. The zero-order valence-corrected chi connectivity index (χ0v) is 16.8. The van der Waals surface area contributed by atoms with Gasteiger partial charge in [0, 0.05) is 22.9 Å². The van der Waals surface area contributed by atoms with Crippen LogP contribution in [-0.2, 0) is 6.54 Å². The highest BCUT2D eigenvalue weighted by Gasteiger charge is 2.23. The maximum atomic E-state index is 6.32. The van der Waals surface area contributed by atoms with Crippen LogP contribution >= 0.6 is 11.3 Å². The summed E-state index contributed by atoms with van der Waals surface area (Å²) in [6.45, 7) is 4.85. The van der Waals surface area contributed by atoms with Crippen molar-refractivity contribution in [1.82, 2.24) is 0 Å². The van der Waals surface area contributed by atoms with Crippen LogP contribution in [0.15, 0.2) is 91.5 Å². The van der Waals surface area contributed by atoms with Gasteiger partial charge in [0.05, 0.1) is 5.56 Å². The van der Waals surface area contributed by atoms with Crippen molar-refractivity contribution in [3.63, 3.8) is 0 Å². The molecule has 2 nitrogen and oxygen atoms in total. The molecule has 0 radical (unpaired) electrons. The third kappa shape index (κ3) is 3.10. The minimum Gasteiger partial charge on any atom is -0.398 e. The molecule has 5 aromatic rings. The van der Waals surface area contributed by atoms with Gasteiger partial charge in [0.2, 0.25) is 5.52 Å². The zero-order chi connectivity index (χ0) is 19.8. The van der Waals surface area contributed by atoms with Gasteiger partial charge in [0.25, 0.3) is 5.01 Å².